The van der Waals surface area contributed by atoms with E-state index in [1.807, 2.05) is 13.0 Å². The molecule has 2 heterocycles. The van der Waals surface area contributed by atoms with Crippen molar-refractivity contribution in [3.05, 3.63) is 9.81 Å². The first-order valence-corrected chi connectivity index (χ1v) is 8.21. The first-order valence-electron chi connectivity index (χ1n) is 6.11. The number of aliphatic hydroxyl groups is 1. The second kappa shape index (κ2) is 6.26. The van der Waals surface area contributed by atoms with Crippen LogP contribution in [0.4, 0.5) is 0 Å². The van der Waals surface area contributed by atoms with E-state index in [4.69, 9.17) is 22.9 Å². The highest BCUT2D eigenvalue weighted by atomic mass is 32.2. The van der Waals surface area contributed by atoms with Gasteiger partial charge in [-0.05, 0) is 6.42 Å². The summed E-state index contributed by atoms with van der Waals surface area (Å²) in [6.45, 7) is 2.51. The predicted octanol–water partition coefficient (Wildman–Crippen LogP) is 1.88. The Morgan fingerprint density at radius 1 is 1.65 bits per heavy atom. The zero-order valence-electron chi connectivity index (χ0n) is 10.8. The minimum absolute atomic E-state index is 0.0911. The van der Waals surface area contributed by atoms with Gasteiger partial charge in [0.05, 0.1) is 14.9 Å². The number of carbonyl (C=O) groups excluding carboxylic acids is 1. The number of thioether (sulfide) groups is 2. The minimum atomic E-state index is -0.974. The molecular weight excluding hydrogens is 314 g/mol. The summed E-state index contributed by atoms with van der Waals surface area (Å²) in [5.41, 5.74) is 0. The largest absolute Gasteiger partial charge is 0.369 e. The molecule has 0 aliphatic carbocycles. The fourth-order valence-corrected chi connectivity index (χ4v) is 4.65. The number of carbonyl (C=O) groups is 1. The van der Waals surface area contributed by atoms with E-state index in [0.29, 0.717) is 16.4 Å². The molecule has 20 heavy (non-hydrogen) atoms. The van der Waals surface area contributed by atoms with Crippen molar-refractivity contribution in [1.82, 2.24) is 4.90 Å². The molecule has 2 atom stereocenters. The average molecular weight is 327 g/mol. The van der Waals surface area contributed by atoms with E-state index in [-0.39, 0.29) is 15.8 Å². The zero-order chi connectivity index (χ0) is 14.9. The second-order valence-electron chi connectivity index (χ2n) is 4.36. The molecule has 0 aromatic rings. The molecule has 2 rings (SSSR count). The molecule has 0 aromatic carbocycles. The first kappa shape index (κ1) is 15.5. The molecule has 2 N–H and O–H groups in total. The van der Waals surface area contributed by atoms with Gasteiger partial charge in [0.1, 0.15) is 16.2 Å². The van der Waals surface area contributed by atoms with E-state index in [1.54, 1.807) is 0 Å². The molecule has 0 radical (unpaired) electrons. The van der Waals surface area contributed by atoms with Gasteiger partial charge in [-0.3, -0.25) is 10.2 Å². The van der Waals surface area contributed by atoms with E-state index in [0.717, 1.165) is 36.4 Å². The molecule has 2 aliphatic rings. The molecule has 8 heteroatoms. The molecule has 0 saturated heterocycles. The van der Waals surface area contributed by atoms with Crippen molar-refractivity contribution < 1.29 is 9.90 Å². The summed E-state index contributed by atoms with van der Waals surface area (Å²) in [6, 6.07) is 1.86. The molecule has 0 bridgehead atoms. The van der Waals surface area contributed by atoms with Crippen LogP contribution in [-0.2, 0) is 4.79 Å². The highest BCUT2D eigenvalue weighted by Crippen LogP contribution is 2.47. The topological polar surface area (TPSA) is 88.2 Å². The summed E-state index contributed by atoms with van der Waals surface area (Å²) in [6.07, 6.45) is 0.771. The van der Waals surface area contributed by atoms with Crippen LogP contribution in [0.5, 0.6) is 0 Å². The number of hydrogen-bond donors (Lipinski definition) is 2. The highest BCUT2D eigenvalue weighted by molar-refractivity contribution is 8.22. The van der Waals surface area contributed by atoms with Gasteiger partial charge in [0, 0.05) is 6.54 Å². The lowest BCUT2D eigenvalue weighted by Crippen LogP contribution is -2.35. The van der Waals surface area contributed by atoms with Gasteiger partial charge >= 0.3 is 0 Å². The third kappa shape index (κ3) is 2.63. The number of amides is 1. The van der Waals surface area contributed by atoms with Crippen molar-refractivity contribution in [1.29, 1.82) is 10.7 Å². The quantitative estimate of drug-likeness (QED) is 0.767. The van der Waals surface area contributed by atoms with Gasteiger partial charge in [0.15, 0.2) is 6.23 Å². The Kier molecular flexibility index (Phi) is 4.86. The van der Waals surface area contributed by atoms with Gasteiger partial charge in [-0.25, -0.2) is 0 Å². The maximum atomic E-state index is 12.3. The minimum Gasteiger partial charge on any atom is -0.369 e. The molecular formula is C12H13N3O2S3. The van der Waals surface area contributed by atoms with E-state index in [2.05, 4.69) is 0 Å². The van der Waals surface area contributed by atoms with Crippen molar-refractivity contribution in [2.45, 2.75) is 31.2 Å². The number of aliphatic hydroxyl groups excluding tert-OH is 1. The Labute approximate surface area is 130 Å². The number of nitriles is 1. The molecule has 0 aromatic heterocycles. The van der Waals surface area contributed by atoms with E-state index in [1.165, 1.54) is 4.90 Å². The summed E-state index contributed by atoms with van der Waals surface area (Å²) < 4.78 is 0. The summed E-state index contributed by atoms with van der Waals surface area (Å²) in [7, 11) is 0. The van der Waals surface area contributed by atoms with Crippen molar-refractivity contribution in [2.24, 2.45) is 0 Å². The van der Waals surface area contributed by atoms with Crippen molar-refractivity contribution in [3.63, 3.8) is 0 Å². The monoisotopic (exact) mass is 327 g/mol. The molecule has 0 saturated carbocycles. The SMILES string of the molecule is CCCCN1C(=O)C2=C(SC(=N)C(C(=S)C#N)S2)C1O. The summed E-state index contributed by atoms with van der Waals surface area (Å²) in [4.78, 5) is 14.7. The average Bonchev–Trinajstić information content (AvgIpc) is 2.67. The summed E-state index contributed by atoms with van der Waals surface area (Å²) in [5, 5.41) is 26.6. The van der Waals surface area contributed by atoms with Crippen LogP contribution in [0.1, 0.15) is 19.8 Å². The molecule has 2 unspecified atom stereocenters. The Hall–Kier alpha value is -0.880. The number of rotatable bonds is 4. The van der Waals surface area contributed by atoms with Crippen LogP contribution >= 0.6 is 35.7 Å². The highest BCUT2D eigenvalue weighted by Gasteiger charge is 2.44. The van der Waals surface area contributed by atoms with Crippen LogP contribution in [0.2, 0.25) is 0 Å². The second-order valence-corrected chi connectivity index (χ2v) is 7.00. The van der Waals surface area contributed by atoms with Gasteiger partial charge in [0.25, 0.3) is 5.91 Å². The molecule has 5 nitrogen and oxygen atoms in total. The van der Waals surface area contributed by atoms with E-state index in [9.17, 15) is 9.90 Å². The van der Waals surface area contributed by atoms with E-state index < -0.39 is 11.5 Å². The molecule has 0 spiro atoms. The van der Waals surface area contributed by atoms with Gasteiger partial charge in [-0.2, -0.15) is 5.26 Å². The van der Waals surface area contributed by atoms with Crippen molar-refractivity contribution >= 4 is 51.6 Å². The van der Waals surface area contributed by atoms with Gasteiger partial charge in [-0.15, -0.1) is 11.8 Å². The lowest BCUT2D eigenvalue weighted by atomic mass is 10.3. The number of nitrogens with one attached hydrogen (secondary N) is 1. The van der Waals surface area contributed by atoms with Gasteiger partial charge in [0.2, 0.25) is 0 Å². The van der Waals surface area contributed by atoms with E-state index >= 15 is 0 Å². The maximum absolute atomic E-state index is 12.3. The Bertz CT molecular complexity index is 553. The molecule has 2 aliphatic heterocycles. The van der Waals surface area contributed by atoms with Crippen molar-refractivity contribution in [2.75, 3.05) is 6.54 Å². The first-order chi connectivity index (χ1) is 9.51. The lowest BCUT2D eigenvalue weighted by Gasteiger charge is -2.22. The van der Waals surface area contributed by atoms with Crippen LogP contribution < -0.4 is 0 Å². The van der Waals surface area contributed by atoms with Gasteiger partial charge in [-0.1, -0.05) is 37.3 Å². The smallest absolute Gasteiger partial charge is 0.263 e. The Morgan fingerprint density at radius 2 is 2.35 bits per heavy atom. The van der Waals surface area contributed by atoms with Crippen molar-refractivity contribution in [3.8, 4) is 6.07 Å². The fraction of sp³-hybridized carbons (Fsp3) is 0.500. The molecule has 1 amide bonds. The zero-order valence-corrected chi connectivity index (χ0v) is 13.2. The standard InChI is InChI=1S/C12H13N3O2S3/c1-2-3-4-15-11(16)8-9(12(15)17)20-10(14)7(19-8)6(18)5-13/h7,12,14,17H,2-4H2,1H3. The summed E-state index contributed by atoms with van der Waals surface area (Å²) in [5.74, 6) is -0.225. The van der Waals surface area contributed by atoms with Gasteiger partial charge < -0.3 is 10.0 Å². The summed E-state index contributed by atoms with van der Waals surface area (Å²) >= 11 is 7.09. The normalized spacial score (nSPS) is 25.8. The maximum Gasteiger partial charge on any atom is 0.263 e. The van der Waals surface area contributed by atoms with Crippen LogP contribution in [0.3, 0.4) is 0 Å². The van der Waals surface area contributed by atoms with Crippen LogP contribution in [0.15, 0.2) is 9.81 Å². The predicted molar refractivity (Wildman–Crippen MR) is 84.6 cm³/mol. The fourth-order valence-electron chi connectivity index (χ4n) is 1.94. The number of thiocarbonyl (C=S) groups is 1. The van der Waals surface area contributed by atoms with Crippen LogP contribution in [-0.4, -0.2) is 43.8 Å². The molecule has 106 valence electrons. The number of nitrogens with zero attached hydrogens (tertiary/aromatic N) is 2. The Balaban J connectivity index is 2.23. The van der Waals surface area contributed by atoms with Crippen LogP contribution in [0.25, 0.3) is 0 Å². The van der Waals surface area contributed by atoms with Crippen LogP contribution in [0, 0.1) is 16.7 Å². The third-order valence-electron chi connectivity index (χ3n) is 3.00. The third-order valence-corrected chi connectivity index (χ3v) is 6.19. The molecule has 0 fully saturated rings. The Morgan fingerprint density at radius 3 is 2.95 bits per heavy atom. The number of unbranched alkanes of at least 4 members (excludes halogenated alkanes) is 1. The lowest BCUT2D eigenvalue weighted by molar-refractivity contribution is -0.131. The number of hydrogen-bond acceptors (Lipinski definition) is 7.